The molecule has 114 valence electrons. The molecule has 0 aromatic carbocycles. The molecule has 2 nitrogen and oxygen atoms in total. The molecule has 0 fully saturated rings. The largest absolute Gasteiger partial charge is 0.260 e. The topological polar surface area (TPSA) is 25.2 Å². The predicted molar refractivity (Wildman–Crippen MR) is 95.7 cm³/mol. The summed E-state index contributed by atoms with van der Waals surface area (Å²) in [6.07, 6.45) is 0.928. The highest BCUT2D eigenvalue weighted by Gasteiger charge is 2.32. The molecule has 0 unspecified atom stereocenters. The molecule has 2 aliphatic rings. The van der Waals surface area contributed by atoms with Gasteiger partial charge in [-0.2, -0.15) is 11.8 Å². The van der Waals surface area contributed by atoms with E-state index in [0.717, 1.165) is 17.9 Å². The monoisotopic (exact) mass is 320 g/mol. The van der Waals surface area contributed by atoms with Gasteiger partial charge in [-0.05, 0) is 0 Å². The molecule has 0 atom stereocenters. The fraction of sp³-hybridized carbons (Fsp3) is 0.647. The van der Waals surface area contributed by atoms with Crippen LogP contribution in [0.4, 0.5) is 0 Å². The van der Waals surface area contributed by atoms with Crippen molar-refractivity contribution in [1.29, 1.82) is 0 Å². The van der Waals surface area contributed by atoms with Crippen molar-refractivity contribution in [2.75, 3.05) is 11.5 Å². The van der Waals surface area contributed by atoms with Crippen molar-refractivity contribution in [2.24, 2.45) is 10.4 Å². The van der Waals surface area contributed by atoms with Crippen molar-refractivity contribution in [2.45, 2.75) is 53.4 Å². The van der Waals surface area contributed by atoms with Crippen molar-refractivity contribution < 1.29 is 0 Å². The first-order valence-corrected chi connectivity index (χ1v) is 9.52. The Balaban J connectivity index is 2.00. The summed E-state index contributed by atoms with van der Waals surface area (Å²) in [5.74, 6) is 2.13. The zero-order chi connectivity index (χ0) is 15.4. The van der Waals surface area contributed by atoms with E-state index in [4.69, 9.17) is 9.98 Å². The van der Waals surface area contributed by atoms with Gasteiger partial charge in [-0.25, -0.2) is 4.98 Å². The molecule has 0 bridgehead atoms. The minimum atomic E-state index is 0.146. The van der Waals surface area contributed by atoms with E-state index >= 15 is 0 Å². The maximum atomic E-state index is 5.03. The number of thioether (sulfide) groups is 1. The van der Waals surface area contributed by atoms with Gasteiger partial charge in [0.1, 0.15) is 0 Å². The number of hydrogen-bond donors (Lipinski definition) is 0. The van der Waals surface area contributed by atoms with E-state index in [1.807, 2.05) is 23.1 Å². The number of fused-ring (bicyclic) bond motifs is 2. The van der Waals surface area contributed by atoms with Gasteiger partial charge >= 0.3 is 0 Å². The first-order chi connectivity index (χ1) is 9.66. The summed E-state index contributed by atoms with van der Waals surface area (Å²) < 4.78 is 0. The zero-order valence-electron chi connectivity index (χ0n) is 13.8. The van der Waals surface area contributed by atoms with Gasteiger partial charge in [0.15, 0.2) is 0 Å². The average molecular weight is 321 g/mol. The van der Waals surface area contributed by atoms with Gasteiger partial charge in [-0.1, -0.05) is 41.5 Å². The number of nitrogens with zero attached hydrogens (tertiary/aromatic N) is 2. The van der Waals surface area contributed by atoms with Crippen molar-refractivity contribution in [3.8, 4) is 0 Å². The number of rotatable bonds is 0. The SMILES string of the molecule is CC(C)(C)C1=NC2=C(CSC1)c1sc(C(C)(C)C)nc1C2. The summed E-state index contributed by atoms with van der Waals surface area (Å²) >= 11 is 3.88. The summed E-state index contributed by atoms with van der Waals surface area (Å²) in [5, 5.41) is 1.26. The van der Waals surface area contributed by atoms with Gasteiger partial charge in [0, 0.05) is 40.0 Å². The van der Waals surface area contributed by atoms with Crippen LogP contribution in [0.3, 0.4) is 0 Å². The van der Waals surface area contributed by atoms with Crippen molar-refractivity contribution in [3.63, 3.8) is 0 Å². The van der Waals surface area contributed by atoms with Gasteiger partial charge in [0.25, 0.3) is 0 Å². The van der Waals surface area contributed by atoms with Crippen molar-refractivity contribution >= 4 is 34.4 Å². The minimum absolute atomic E-state index is 0.146. The molecule has 2 heterocycles. The molecular formula is C17H24N2S2. The van der Waals surface area contributed by atoms with E-state index in [-0.39, 0.29) is 10.8 Å². The molecule has 0 saturated carbocycles. The molecular weight excluding hydrogens is 296 g/mol. The molecule has 0 radical (unpaired) electrons. The van der Waals surface area contributed by atoms with E-state index in [0.29, 0.717) is 0 Å². The number of aliphatic imine (C=N–C) groups is 1. The predicted octanol–water partition coefficient (Wildman–Crippen LogP) is 4.94. The van der Waals surface area contributed by atoms with Gasteiger partial charge < -0.3 is 0 Å². The van der Waals surface area contributed by atoms with Crippen LogP contribution in [0.5, 0.6) is 0 Å². The van der Waals surface area contributed by atoms with Crippen LogP contribution in [0.1, 0.15) is 57.1 Å². The maximum absolute atomic E-state index is 5.03. The number of thiazole rings is 1. The van der Waals surface area contributed by atoms with Crippen LogP contribution in [-0.4, -0.2) is 22.2 Å². The Morgan fingerprint density at radius 3 is 2.29 bits per heavy atom. The lowest BCUT2D eigenvalue weighted by Crippen LogP contribution is -2.22. The Morgan fingerprint density at radius 1 is 0.952 bits per heavy atom. The summed E-state index contributed by atoms with van der Waals surface area (Å²) in [6, 6.07) is 0. The lowest BCUT2D eigenvalue weighted by molar-refractivity contribution is 0.583. The molecule has 1 aliphatic heterocycles. The smallest absolute Gasteiger partial charge is 0.0988 e. The molecule has 21 heavy (non-hydrogen) atoms. The second-order valence-corrected chi connectivity index (χ2v) is 9.93. The van der Waals surface area contributed by atoms with Gasteiger partial charge in [0.2, 0.25) is 0 Å². The quantitative estimate of drug-likeness (QED) is 0.676. The summed E-state index contributed by atoms with van der Waals surface area (Å²) in [7, 11) is 0. The minimum Gasteiger partial charge on any atom is -0.260 e. The molecule has 1 aromatic heterocycles. The van der Waals surface area contributed by atoms with Gasteiger partial charge in [-0.3, -0.25) is 4.99 Å². The van der Waals surface area contributed by atoms with Gasteiger partial charge in [0.05, 0.1) is 21.3 Å². The van der Waals surface area contributed by atoms with Crippen LogP contribution in [0, 0.1) is 5.41 Å². The Bertz CT molecular complexity index is 637. The van der Waals surface area contributed by atoms with Crippen LogP contribution in [0.2, 0.25) is 0 Å². The highest BCUT2D eigenvalue weighted by Crippen LogP contribution is 2.43. The lowest BCUT2D eigenvalue weighted by atomic mass is 9.91. The maximum Gasteiger partial charge on any atom is 0.0988 e. The lowest BCUT2D eigenvalue weighted by Gasteiger charge is -2.20. The Morgan fingerprint density at radius 2 is 1.67 bits per heavy atom. The number of hydrogen-bond acceptors (Lipinski definition) is 4. The third-order valence-corrected chi connectivity index (χ3v) is 6.47. The Hall–Kier alpha value is -0.610. The molecule has 1 aromatic rings. The van der Waals surface area contributed by atoms with E-state index < -0.39 is 0 Å². The van der Waals surface area contributed by atoms with Crippen LogP contribution >= 0.6 is 23.1 Å². The van der Waals surface area contributed by atoms with Gasteiger partial charge in [-0.15, -0.1) is 11.3 Å². The van der Waals surface area contributed by atoms with E-state index in [9.17, 15) is 0 Å². The highest BCUT2D eigenvalue weighted by molar-refractivity contribution is 8.00. The molecule has 1 aliphatic carbocycles. The van der Waals surface area contributed by atoms with Crippen molar-refractivity contribution in [1.82, 2.24) is 4.98 Å². The van der Waals surface area contributed by atoms with Crippen LogP contribution in [0.15, 0.2) is 10.7 Å². The first-order valence-electron chi connectivity index (χ1n) is 7.54. The first kappa shape index (κ1) is 15.3. The zero-order valence-corrected chi connectivity index (χ0v) is 15.5. The highest BCUT2D eigenvalue weighted by atomic mass is 32.2. The fourth-order valence-electron chi connectivity index (χ4n) is 2.51. The van der Waals surface area contributed by atoms with E-state index in [1.54, 1.807) is 0 Å². The molecule has 0 saturated heterocycles. The molecule has 4 heteroatoms. The van der Waals surface area contributed by atoms with Crippen molar-refractivity contribution in [3.05, 3.63) is 21.3 Å². The number of allylic oxidation sites excluding steroid dienone is 1. The Kier molecular flexibility index (Phi) is 3.61. The normalized spacial score (nSPS) is 19.2. The second-order valence-electron chi connectivity index (χ2n) is 7.95. The third-order valence-electron chi connectivity index (χ3n) is 3.92. The van der Waals surface area contributed by atoms with E-state index in [2.05, 4.69) is 41.5 Å². The summed E-state index contributed by atoms with van der Waals surface area (Å²) in [5.41, 5.74) is 5.61. The van der Waals surface area contributed by atoms with Crippen LogP contribution in [-0.2, 0) is 11.8 Å². The summed E-state index contributed by atoms with van der Waals surface area (Å²) in [4.78, 5) is 11.3. The molecule has 0 N–H and O–H groups in total. The van der Waals surface area contributed by atoms with Crippen LogP contribution < -0.4 is 0 Å². The molecule has 0 amide bonds. The Labute approximate surface area is 136 Å². The molecule has 3 rings (SSSR count). The average Bonchev–Trinajstić information content (AvgIpc) is 2.78. The third kappa shape index (κ3) is 2.85. The van der Waals surface area contributed by atoms with Crippen LogP contribution in [0.25, 0.3) is 5.57 Å². The standard InChI is InChI=1S/C17H24N2S2/c1-16(2,3)13-9-20-8-10-11(18-13)7-12-14(10)21-15(19-12)17(4,5)6/h7-9H2,1-6H3. The second kappa shape index (κ2) is 4.95. The number of aromatic nitrogens is 1. The summed E-state index contributed by atoms with van der Waals surface area (Å²) in [6.45, 7) is 13.5. The van der Waals surface area contributed by atoms with E-state index in [1.165, 1.54) is 32.6 Å². The fourth-order valence-corrected chi connectivity index (χ4v) is 5.11. The molecule has 0 spiro atoms.